The lowest BCUT2D eigenvalue weighted by Gasteiger charge is -2.30. The highest BCUT2D eigenvalue weighted by atomic mass is 35.5. The van der Waals surface area contributed by atoms with Crippen molar-refractivity contribution < 1.29 is 9.59 Å². The van der Waals surface area contributed by atoms with Crippen LogP contribution >= 0.6 is 11.6 Å². The van der Waals surface area contributed by atoms with E-state index in [0.29, 0.717) is 18.0 Å². The number of hydrogen-bond acceptors (Lipinski definition) is 3. The summed E-state index contributed by atoms with van der Waals surface area (Å²) in [7, 11) is 0. The number of aryl methyl sites for hydroxylation is 2. The first-order valence-corrected chi connectivity index (χ1v) is 10.8. The van der Waals surface area contributed by atoms with Gasteiger partial charge in [-0.3, -0.25) is 9.59 Å². The van der Waals surface area contributed by atoms with Crippen molar-refractivity contribution in [2.24, 2.45) is 11.8 Å². The number of fused-ring (bicyclic) bond motifs is 1. The van der Waals surface area contributed by atoms with Crippen LogP contribution in [-0.4, -0.2) is 16.5 Å². The molecule has 0 fully saturated rings. The quantitative estimate of drug-likeness (QED) is 0.605. The number of halogens is 1. The fourth-order valence-electron chi connectivity index (χ4n) is 4.50. The molecule has 2 atom stereocenters. The molecule has 2 aromatic carbocycles. The average Bonchev–Trinajstić information content (AvgIpc) is 2.72. The highest BCUT2D eigenvalue weighted by Crippen LogP contribution is 2.34. The second-order valence-electron chi connectivity index (χ2n) is 8.35. The SMILES string of the molecule is CC(=O)C1=CN(Cc2ccccc2Cl)C=CC1CC1CCc2cc(C)ccc2C1=O. The molecule has 0 bridgehead atoms. The van der Waals surface area contributed by atoms with Crippen LogP contribution in [0.3, 0.4) is 0 Å². The monoisotopic (exact) mass is 419 g/mol. The van der Waals surface area contributed by atoms with E-state index < -0.39 is 0 Å². The average molecular weight is 420 g/mol. The molecule has 2 unspecified atom stereocenters. The molecule has 0 saturated carbocycles. The molecule has 1 aliphatic heterocycles. The van der Waals surface area contributed by atoms with Gasteiger partial charge in [0, 0.05) is 46.9 Å². The molecule has 2 aromatic rings. The third kappa shape index (κ3) is 4.27. The molecule has 1 aliphatic carbocycles. The van der Waals surface area contributed by atoms with Crippen LogP contribution in [0.1, 0.15) is 46.8 Å². The summed E-state index contributed by atoms with van der Waals surface area (Å²) in [6.45, 7) is 4.27. The summed E-state index contributed by atoms with van der Waals surface area (Å²) < 4.78 is 0. The first-order chi connectivity index (χ1) is 14.4. The van der Waals surface area contributed by atoms with E-state index in [1.165, 1.54) is 5.56 Å². The largest absolute Gasteiger partial charge is 0.350 e. The van der Waals surface area contributed by atoms with Crippen molar-refractivity contribution in [3.8, 4) is 0 Å². The number of Topliss-reactive ketones (excluding diaryl/α,β-unsaturated/α-hetero) is 2. The van der Waals surface area contributed by atoms with Crippen LogP contribution in [0.5, 0.6) is 0 Å². The lowest BCUT2D eigenvalue weighted by atomic mass is 9.76. The van der Waals surface area contributed by atoms with Crippen molar-refractivity contribution in [1.82, 2.24) is 4.90 Å². The predicted octanol–water partition coefficient (Wildman–Crippen LogP) is 5.90. The van der Waals surface area contributed by atoms with E-state index in [1.807, 2.05) is 53.7 Å². The van der Waals surface area contributed by atoms with Crippen LogP contribution in [0.15, 0.2) is 66.5 Å². The maximum absolute atomic E-state index is 13.1. The zero-order valence-corrected chi connectivity index (χ0v) is 18.2. The third-order valence-corrected chi connectivity index (χ3v) is 6.50. The molecule has 4 heteroatoms. The van der Waals surface area contributed by atoms with Gasteiger partial charge in [0.15, 0.2) is 11.6 Å². The van der Waals surface area contributed by atoms with E-state index in [-0.39, 0.29) is 23.4 Å². The van der Waals surface area contributed by atoms with E-state index in [4.69, 9.17) is 11.6 Å². The fraction of sp³-hybridized carbons (Fsp3) is 0.308. The number of carbonyl (C=O) groups excluding carboxylic acids is 2. The van der Waals surface area contributed by atoms with Gasteiger partial charge >= 0.3 is 0 Å². The minimum absolute atomic E-state index is 0.0362. The van der Waals surface area contributed by atoms with Crippen molar-refractivity contribution in [2.75, 3.05) is 0 Å². The number of rotatable bonds is 5. The van der Waals surface area contributed by atoms with E-state index >= 15 is 0 Å². The van der Waals surface area contributed by atoms with Crippen molar-refractivity contribution in [3.63, 3.8) is 0 Å². The van der Waals surface area contributed by atoms with Gasteiger partial charge in [-0.1, -0.05) is 59.6 Å². The zero-order chi connectivity index (χ0) is 21.3. The minimum atomic E-state index is -0.0484. The Morgan fingerprint density at radius 1 is 1.20 bits per heavy atom. The van der Waals surface area contributed by atoms with Crippen LogP contribution in [0.2, 0.25) is 5.02 Å². The fourth-order valence-corrected chi connectivity index (χ4v) is 4.69. The smallest absolute Gasteiger partial charge is 0.166 e. The van der Waals surface area contributed by atoms with Gasteiger partial charge in [0.2, 0.25) is 0 Å². The number of benzene rings is 2. The Hall–Kier alpha value is -2.65. The van der Waals surface area contributed by atoms with Gasteiger partial charge in [-0.2, -0.15) is 0 Å². The van der Waals surface area contributed by atoms with E-state index in [9.17, 15) is 9.59 Å². The van der Waals surface area contributed by atoms with Crippen LogP contribution < -0.4 is 0 Å². The van der Waals surface area contributed by atoms with Gasteiger partial charge in [0.05, 0.1) is 0 Å². The second kappa shape index (κ2) is 8.61. The summed E-state index contributed by atoms with van der Waals surface area (Å²) >= 11 is 6.29. The Bertz CT molecular complexity index is 1050. The van der Waals surface area contributed by atoms with Gasteiger partial charge < -0.3 is 4.90 Å². The molecule has 0 radical (unpaired) electrons. The van der Waals surface area contributed by atoms with Crippen molar-refractivity contribution in [2.45, 2.75) is 39.7 Å². The zero-order valence-electron chi connectivity index (χ0n) is 17.4. The second-order valence-corrected chi connectivity index (χ2v) is 8.76. The molecule has 0 amide bonds. The Kier molecular flexibility index (Phi) is 5.92. The predicted molar refractivity (Wildman–Crippen MR) is 120 cm³/mol. The number of nitrogens with zero attached hydrogens (tertiary/aromatic N) is 1. The summed E-state index contributed by atoms with van der Waals surface area (Å²) in [6.07, 6.45) is 8.42. The maximum atomic E-state index is 13.1. The molecule has 0 aromatic heterocycles. The molecule has 30 heavy (non-hydrogen) atoms. The molecule has 0 saturated heterocycles. The maximum Gasteiger partial charge on any atom is 0.166 e. The van der Waals surface area contributed by atoms with Crippen LogP contribution in [0.25, 0.3) is 0 Å². The number of ketones is 2. The van der Waals surface area contributed by atoms with Gasteiger partial charge in [-0.25, -0.2) is 0 Å². The van der Waals surface area contributed by atoms with Crippen molar-refractivity contribution >= 4 is 23.2 Å². The van der Waals surface area contributed by atoms with Gasteiger partial charge in [0.1, 0.15) is 0 Å². The molecular formula is C26H26ClNO2. The van der Waals surface area contributed by atoms with E-state index in [0.717, 1.165) is 35.1 Å². The van der Waals surface area contributed by atoms with Crippen molar-refractivity contribution in [3.05, 3.63) is 93.8 Å². The van der Waals surface area contributed by atoms with Crippen LogP contribution in [-0.2, 0) is 17.8 Å². The summed E-state index contributed by atoms with van der Waals surface area (Å²) in [5.74, 6) is 0.178. The molecule has 1 heterocycles. The summed E-state index contributed by atoms with van der Waals surface area (Å²) in [5.41, 5.74) is 4.97. The van der Waals surface area contributed by atoms with Crippen LogP contribution in [0.4, 0.5) is 0 Å². The number of allylic oxidation sites excluding steroid dienone is 2. The van der Waals surface area contributed by atoms with Crippen LogP contribution in [0, 0.1) is 18.8 Å². The number of carbonyl (C=O) groups is 2. The molecular weight excluding hydrogens is 394 g/mol. The lowest BCUT2D eigenvalue weighted by molar-refractivity contribution is -0.114. The van der Waals surface area contributed by atoms with E-state index in [2.05, 4.69) is 19.1 Å². The molecule has 0 N–H and O–H groups in total. The lowest BCUT2D eigenvalue weighted by Crippen LogP contribution is -2.28. The summed E-state index contributed by atoms with van der Waals surface area (Å²) in [4.78, 5) is 27.5. The Labute approximate surface area is 183 Å². The molecule has 2 aliphatic rings. The normalized spacial score (nSPS) is 20.7. The molecule has 154 valence electrons. The topological polar surface area (TPSA) is 37.4 Å². The van der Waals surface area contributed by atoms with Crippen molar-refractivity contribution in [1.29, 1.82) is 0 Å². The molecule has 0 spiro atoms. The summed E-state index contributed by atoms with van der Waals surface area (Å²) in [6, 6.07) is 13.8. The van der Waals surface area contributed by atoms with Gasteiger partial charge in [-0.15, -0.1) is 0 Å². The Morgan fingerprint density at radius 3 is 2.77 bits per heavy atom. The highest BCUT2D eigenvalue weighted by molar-refractivity contribution is 6.31. The Balaban J connectivity index is 1.50. The molecule has 4 rings (SSSR count). The number of hydrogen-bond donors (Lipinski definition) is 0. The van der Waals surface area contributed by atoms with Gasteiger partial charge in [0.25, 0.3) is 0 Å². The first-order valence-electron chi connectivity index (χ1n) is 10.5. The van der Waals surface area contributed by atoms with Gasteiger partial charge in [-0.05, 0) is 50.3 Å². The standard InChI is InChI=1S/C26H26ClNO2/c1-17-7-10-23-19(13-17)8-9-21(26(23)30)14-20-11-12-28(16-24(20)18(2)29)15-22-5-3-4-6-25(22)27/h3-7,10-13,16,20-21H,8-9,14-15H2,1-2H3. The third-order valence-electron chi connectivity index (χ3n) is 6.13. The van der Waals surface area contributed by atoms with E-state index in [1.54, 1.807) is 6.92 Å². The molecule has 3 nitrogen and oxygen atoms in total. The Morgan fingerprint density at radius 2 is 2.00 bits per heavy atom. The minimum Gasteiger partial charge on any atom is -0.350 e. The summed E-state index contributed by atoms with van der Waals surface area (Å²) in [5, 5.41) is 0.715. The first kappa shape index (κ1) is 20.6. The highest BCUT2D eigenvalue weighted by Gasteiger charge is 2.31.